The van der Waals surface area contributed by atoms with E-state index in [0.717, 1.165) is 10.6 Å². The smallest absolute Gasteiger partial charge is 0.387 e. The Kier molecular flexibility index (Phi) is 6.20. The van der Waals surface area contributed by atoms with Crippen LogP contribution in [0.4, 0.5) is 13.2 Å². The minimum absolute atomic E-state index is 0.0740. The van der Waals surface area contributed by atoms with Crippen molar-refractivity contribution < 1.29 is 31.1 Å². The summed E-state index contributed by atoms with van der Waals surface area (Å²) in [4.78, 5) is 26.2. The van der Waals surface area contributed by atoms with Crippen molar-refractivity contribution >= 4 is 26.8 Å². The number of fused-ring (bicyclic) bond motifs is 1. The summed E-state index contributed by atoms with van der Waals surface area (Å²) in [7, 11) is -3.30. The van der Waals surface area contributed by atoms with Crippen LogP contribution < -0.4 is 15.7 Å². The third-order valence-electron chi connectivity index (χ3n) is 5.94. The Morgan fingerprint density at radius 1 is 1.17 bits per heavy atom. The second-order valence-corrected chi connectivity index (χ2v) is 11.3. The van der Waals surface area contributed by atoms with Gasteiger partial charge in [0.2, 0.25) is 0 Å². The van der Waals surface area contributed by atoms with Gasteiger partial charge in [0.15, 0.2) is 9.84 Å². The largest absolute Gasteiger partial charge is 0.435 e. The summed E-state index contributed by atoms with van der Waals surface area (Å²) in [6.45, 7) is 1.99. The number of amides is 1. The van der Waals surface area contributed by atoms with Gasteiger partial charge in [-0.1, -0.05) is 6.07 Å². The molecule has 0 radical (unpaired) electrons. The zero-order chi connectivity index (χ0) is 25.7. The van der Waals surface area contributed by atoms with Crippen LogP contribution >= 0.6 is 0 Å². The number of carbonyl (C=O) groups excluding carboxylic acids is 1. The molecule has 35 heavy (non-hydrogen) atoms. The van der Waals surface area contributed by atoms with E-state index >= 15 is 4.39 Å². The Bertz CT molecular complexity index is 1480. The van der Waals surface area contributed by atoms with Gasteiger partial charge in [0.1, 0.15) is 11.6 Å². The molecular formula is C23H24F3N3O5S. The van der Waals surface area contributed by atoms with Crippen molar-refractivity contribution in [3.05, 3.63) is 58.3 Å². The fraction of sp³-hybridized carbons (Fsp3) is 0.391. The molecule has 12 heteroatoms. The van der Waals surface area contributed by atoms with Crippen LogP contribution in [0.1, 0.15) is 43.6 Å². The highest BCUT2D eigenvalue weighted by Gasteiger charge is 2.40. The number of ether oxygens (including phenoxy) is 1. The van der Waals surface area contributed by atoms with Crippen LogP contribution in [0.15, 0.2) is 41.2 Å². The van der Waals surface area contributed by atoms with E-state index < -0.39 is 39.4 Å². The number of benzene rings is 2. The molecule has 1 aromatic heterocycles. The highest BCUT2D eigenvalue weighted by molar-refractivity contribution is 7.91. The summed E-state index contributed by atoms with van der Waals surface area (Å²) in [6, 6.07) is 7.33. The lowest BCUT2D eigenvalue weighted by atomic mass is 10.0. The average Bonchev–Trinajstić information content (AvgIpc) is 3.17. The molecule has 3 aromatic rings. The van der Waals surface area contributed by atoms with Crippen molar-refractivity contribution in [2.75, 3.05) is 11.5 Å². The van der Waals surface area contributed by atoms with Gasteiger partial charge in [-0.25, -0.2) is 17.6 Å². The van der Waals surface area contributed by atoms with Crippen LogP contribution in [0.5, 0.6) is 5.75 Å². The summed E-state index contributed by atoms with van der Waals surface area (Å²) in [5, 5.41) is 2.62. The monoisotopic (exact) mass is 511 g/mol. The standard InChI is InChI=1S/C23H24F3N3O5S/c1-13(2)28-18-10-16(20(30)27-23(3)7-8-35(32,33)12-23)17(24)11-19(18)29(22(28)31)14-5-4-6-15(9-14)34-21(25)26/h4-6,9-11,13,21H,7-8,12H2,1-3H3,(H,27,30). The number of aromatic nitrogens is 2. The zero-order valence-electron chi connectivity index (χ0n) is 19.2. The second-order valence-electron chi connectivity index (χ2n) is 9.14. The summed E-state index contributed by atoms with van der Waals surface area (Å²) < 4.78 is 71.2. The Hall–Kier alpha value is -3.28. The molecule has 1 aliphatic rings. The maximum Gasteiger partial charge on any atom is 0.387 e. The van der Waals surface area contributed by atoms with Crippen molar-refractivity contribution in [1.29, 1.82) is 0 Å². The molecule has 4 rings (SSSR count). The lowest BCUT2D eigenvalue weighted by Gasteiger charge is -2.24. The van der Waals surface area contributed by atoms with Gasteiger partial charge in [0, 0.05) is 18.2 Å². The molecule has 0 spiro atoms. The van der Waals surface area contributed by atoms with Crippen LogP contribution in [-0.4, -0.2) is 47.1 Å². The van der Waals surface area contributed by atoms with E-state index in [1.54, 1.807) is 20.8 Å². The predicted octanol–water partition coefficient (Wildman–Crippen LogP) is 3.42. The number of nitrogens with zero attached hydrogens (tertiary/aromatic N) is 2. The summed E-state index contributed by atoms with van der Waals surface area (Å²) in [5.41, 5.74) is -1.38. The van der Waals surface area contributed by atoms with E-state index in [0.29, 0.717) is 0 Å². The van der Waals surface area contributed by atoms with Gasteiger partial charge in [0.25, 0.3) is 5.91 Å². The van der Waals surface area contributed by atoms with Crippen LogP contribution in [0.3, 0.4) is 0 Å². The molecule has 1 atom stereocenters. The Morgan fingerprint density at radius 2 is 1.89 bits per heavy atom. The van der Waals surface area contributed by atoms with Crippen LogP contribution in [-0.2, 0) is 9.84 Å². The Morgan fingerprint density at radius 3 is 2.49 bits per heavy atom. The third-order valence-corrected chi connectivity index (χ3v) is 7.85. The van der Waals surface area contributed by atoms with Crippen LogP contribution in [0.25, 0.3) is 16.7 Å². The fourth-order valence-corrected chi connectivity index (χ4v) is 6.50. The van der Waals surface area contributed by atoms with Gasteiger partial charge in [0.05, 0.1) is 39.3 Å². The van der Waals surface area contributed by atoms with Gasteiger partial charge in [-0.15, -0.1) is 0 Å². The number of rotatable bonds is 6. The molecule has 0 saturated carbocycles. The predicted molar refractivity (Wildman–Crippen MR) is 124 cm³/mol. The quantitative estimate of drug-likeness (QED) is 0.547. The van der Waals surface area contributed by atoms with E-state index in [4.69, 9.17) is 0 Å². The van der Waals surface area contributed by atoms with Gasteiger partial charge in [-0.2, -0.15) is 8.78 Å². The van der Waals surface area contributed by atoms with E-state index in [2.05, 4.69) is 10.1 Å². The summed E-state index contributed by atoms with van der Waals surface area (Å²) in [6.07, 6.45) is 0.203. The summed E-state index contributed by atoms with van der Waals surface area (Å²) in [5.74, 6) is -2.22. The molecule has 2 heterocycles. The number of nitrogens with one attached hydrogen (secondary N) is 1. The van der Waals surface area contributed by atoms with E-state index in [9.17, 15) is 26.8 Å². The first-order valence-electron chi connectivity index (χ1n) is 10.8. The molecule has 1 N–H and O–H groups in total. The molecule has 188 valence electrons. The molecule has 1 unspecified atom stereocenters. The normalized spacial score (nSPS) is 19.5. The Labute approximate surface area is 199 Å². The van der Waals surface area contributed by atoms with Crippen molar-refractivity contribution in [1.82, 2.24) is 14.5 Å². The highest BCUT2D eigenvalue weighted by atomic mass is 32.2. The summed E-state index contributed by atoms with van der Waals surface area (Å²) >= 11 is 0. The number of alkyl halides is 2. The fourth-order valence-electron chi connectivity index (χ4n) is 4.41. The molecule has 0 aliphatic carbocycles. The number of hydrogen-bond acceptors (Lipinski definition) is 5. The number of imidazole rings is 1. The SMILES string of the molecule is CC(C)n1c(=O)n(-c2cccc(OC(F)F)c2)c2cc(F)c(C(=O)NC3(C)CCS(=O)(=O)C3)cc21. The first-order chi connectivity index (χ1) is 16.3. The van der Waals surface area contributed by atoms with Gasteiger partial charge < -0.3 is 10.1 Å². The van der Waals surface area contributed by atoms with Crippen molar-refractivity contribution in [3.63, 3.8) is 0 Å². The molecule has 1 fully saturated rings. The second kappa shape index (κ2) is 8.74. The minimum atomic E-state index is -3.30. The Balaban J connectivity index is 1.83. The maximum atomic E-state index is 15.2. The first-order valence-corrected chi connectivity index (χ1v) is 12.7. The van der Waals surface area contributed by atoms with Crippen molar-refractivity contribution in [3.8, 4) is 11.4 Å². The van der Waals surface area contributed by atoms with Gasteiger partial charge in [-0.05, 0) is 45.4 Å². The van der Waals surface area contributed by atoms with E-state index in [1.165, 1.54) is 34.9 Å². The van der Waals surface area contributed by atoms with Gasteiger partial charge >= 0.3 is 12.3 Å². The van der Waals surface area contributed by atoms with Crippen LogP contribution in [0, 0.1) is 5.82 Å². The highest BCUT2D eigenvalue weighted by Crippen LogP contribution is 2.28. The molecule has 8 nitrogen and oxygen atoms in total. The number of halogens is 3. The molecule has 1 saturated heterocycles. The molecule has 1 aliphatic heterocycles. The average molecular weight is 512 g/mol. The van der Waals surface area contributed by atoms with E-state index in [-0.39, 0.29) is 52.0 Å². The molecule has 2 aromatic carbocycles. The molecular weight excluding hydrogens is 487 g/mol. The lowest BCUT2D eigenvalue weighted by molar-refractivity contribution is -0.0498. The maximum absolute atomic E-state index is 15.2. The number of sulfone groups is 1. The first kappa shape index (κ1) is 24.8. The van der Waals surface area contributed by atoms with Crippen molar-refractivity contribution in [2.45, 2.75) is 45.4 Å². The minimum Gasteiger partial charge on any atom is -0.435 e. The topological polar surface area (TPSA) is 99.4 Å². The zero-order valence-corrected chi connectivity index (χ0v) is 20.0. The molecule has 1 amide bonds. The van der Waals surface area contributed by atoms with Crippen molar-refractivity contribution in [2.24, 2.45) is 0 Å². The van der Waals surface area contributed by atoms with E-state index in [1.807, 2.05) is 0 Å². The number of hydrogen-bond donors (Lipinski definition) is 1. The number of carbonyl (C=O) groups is 1. The molecule has 0 bridgehead atoms. The van der Waals surface area contributed by atoms with Gasteiger partial charge in [-0.3, -0.25) is 13.9 Å². The third kappa shape index (κ3) is 4.79. The van der Waals surface area contributed by atoms with Crippen LogP contribution in [0.2, 0.25) is 0 Å². The lowest BCUT2D eigenvalue weighted by Crippen LogP contribution is -2.47.